The fraction of sp³-hybridized carbons (Fsp3) is 0.0714. The minimum Gasteiger partial charge on any atom is -0.495 e. The summed E-state index contributed by atoms with van der Waals surface area (Å²) in [6.45, 7) is 0. The highest BCUT2D eigenvalue weighted by Gasteiger charge is 2.09. The molecule has 0 atom stereocenters. The second kappa shape index (κ2) is 6.77. The van der Waals surface area contributed by atoms with Gasteiger partial charge in [0, 0.05) is 11.2 Å². The van der Waals surface area contributed by atoms with Crippen molar-refractivity contribution in [2.45, 2.75) is 0 Å². The number of amides is 3. The Kier molecular flexibility index (Phi) is 4.80. The molecule has 4 N–H and O–H groups in total. The van der Waals surface area contributed by atoms with E-state index in [0.29, 0.717) is 16.5 Å². The monoisotopic (exact) mass is 320 g/mol. The SMILES string of the molecule is COc1ccc(Cl)cc1NC(=O)Nc1ccc(C(N)=O)cn1. The minimum atomic E-state index is -0.591. The van der Waals surface area contributed by atoms with Crippen molar-refractivity contribution in [3.05, 3.63) is 47.1 Å². The Labute approximate surface area is 131 Å². The Morgan fingerprint density at radius 1 is 1.23 bits per heavy atom. The molecular formula is C14H13ClN4O3. The second-order valence-corrected chi connectivity index (χ2v) is 4.66. The maximum absolute atomic E-state index is 11.9. The molecule has 0 spiro atoms. The summed E-state index contributed by atoms with van der Waals surface area (Å²) in [5.41, 5.74) is 5.78. The summed E-state index contributed by atoms with van der Waals surface area (Å²) in [7, 11) is 1.48. The lowest BCUT2D eigenvalue weighted by molar-refractivity contribution is 0.1000. The number of nitrogens with two attached hydrogens (primary N) is 1. The van der Waals surface area contributed by atoms with E-state index in [1.54, 1.807) is 18.2 Å². The van der Waals surface area contributed by atoms with Crippen LogP contribution in [0.4, 0.5) is 16.3 Å². The van der Waals surface area contributed by atoms with Crippen LogP contribution < -0.4 is 21.1 Å². The molecule has 114 valence electrons. The van der Waals surface area contributed by atoms with Crippen molar-refractivity contribution < 1.29 is 14.3 Å². The van der Waals surface area contributed by atoms with Crippen molar-refractivity contribution in [2.24, 2.45) is 5.73 Å². The number of pyridine rings is 1. The number of carbonyl (C=O) groups is 2. The number of hydrogen-bond donors (Lipinski definition) is 3. The number of urea groups is 1. The number of carbonyl (C=O) groups excluding carboxylic acids is 2. The molecule has 0 aliphatic rings. The van der Waals surface area contributed by atoms with Crippen LogP contribution in [0.3, 0.4) is 0 Å². The van der Waals surface area contributed by atoms with Gasteiger partial charge < -0.3 is 15.8 Å². The minimum absolute atomic E-state index is 0.252. The molecule has 1 aromatic carbocycles. The molecule has 1 aromatic heterocycles. The van der Waals surface area contributed by atoms with E-state index < -0.39 is 11.9 Å². The number of halogens is 1. The zero-order chi connectivity index (χ0) is 16.1. The Balaban J connectivity index is 2.07. The average Bonchev–Trinajstić information content (AvgIpc) is 2.48. The van der Waals surface area contributed by atoms with Crippen LogP contribution >= 0.6 is 11.6 Å². The van der Waals surface area contributed by atoms with Gasteiger partial charge in [0.2, 0.25) is 5.91 Å². The third-order valence-electron chi connectivity index (χ3n) is 2.70. The van der Waals surface area contributed by atoms with Crippen LogP contribution in [-0.2, 0) is 0 Å². The molecule has 0 aliphatic heterocycles. The first-order valence-electron chi connectivity index (χ1n) is 6.17. The van der Waals surface area contributed by atoms with E-state index in [0.717, 1.165) is 0 Å². The van der Waals surface area contributed by atoms with Crippen LogP contribution in [0.5, 0.6) is 5.75 Å². The fourth-order valence-corrected chi connectivity index (χ4v) is 1.83. The lowest BCUT2D eigenvalue weighted by atomic mass is 10.3. The normalized spacial score (nSPS) is 9.91. The maximum atomic E-state index is 11.9. The van der Waals surface area contributed by atoms with E-state index in [-0.39, 0.29) is 11.4 Å². The van der Waals surface area contributed by atoms with Crippen LogP contribution in [0, 0.1) is 0 Å². The van der Waals surface area contributed by atoms with Crippen molar-refractivity contribution >= 4 is 35.0 Å². The Morgan fingerprint density at radius 2 is 2.00 bits per heavy atom. The molecule has 2 aromatic rings. The first-order chi connectivity index (χ1) is 10.5. The van der Waals surface area contributed by atoms with Crippen LogP contribution in [0.1, 0.15) is 10.4 Å². The summed E-state index contributed by atoms with van der Waals surface area (Å²) in [5, 5.41) is 5.57. The second-order valence-electron chi connectivity index (χ2n) is 4.22. The molecule has 22 heavy (non-hydrogen) atoms. The summed E-state index contributed by atoms with van der Waals surface area (Å²) >= 11 is 5.88. The number of rotatable bonds is 4. The summed E-state index contributed by atoms with van der Waals surface area (Å²) < 4.78 is 5.13. The number of methoxy groups -OCH3 is 1. The highest BCUT2D eigenvalue weighted by molar-refractivity contribution is 6.31. The molecule has 0 saturated carbocycles. The molecule has 8 heteroatoms. The lowest BCUT2D eigenvalue weighted by Crippen LogP contribution is -2.20. The molecule has 0 unspecified atom stereocenters. The van der Waals surface area contributed by atoms with Gasteiger partial charge in [0.05, 0.1) is 18.4 Å². The van der Waals surface area contributed by atoms with Gasteiger partial charge in [0.15, 0.2) is 0 Å². The van der Waals surface area contributed by atoms with Crippen molar-refractivity contribution in [3.8, 4) is 5.75 Å². The lowest BCUT2D eigenvalue weighted by Gasteiger charge is -2.11. The van der Waals surface area contributed by atoms with Crippen molar-refractivity contribution in [3.63, 3.8) is 0 Å². The Bertz CT molecular complexity index is 704. The van der Waals surface area contributed by atoms with Gasteiger partial charge in [-0.15, -0.1) is 0 Å². The number of anilines is 2. The quantitative estimate of drug-likeness (QED) is 0.804. The predicted molar refractivity (Wildman–Crippen MR) is 83.4 cm³/mol. The summed E-state index contributed by atoms with van der Waals surface area (Å²) in [6.07, 6.45) is 1.28. The van der Waals surface area contributed by atoms with Crippen LogP contribution in [-0.4, -0.2) is 24.0 Å². The molecule has 1 heterocycles. The molecular weight excluding hydrogens is 308 g/mol. The summed E-state index contributed by atoms with van der Waals surface area (Å²) in [4.78, 5) is 26.8. The van der Waals surface area contributed by atoms with Gasteiger partial charge in [0.1, 0.15) is 11.6 Å². The third-order valence-corrected chi connectivity index (χ3v) is 2.93. The Hall–Kier alpha value is -2.80. The van der Waals surface area contributed by atoms with Gasteiger partial charge in [-0.2, -0.15) is 0 Å². The van der Waals surface area contributed by atoms with Crippen molar-refractivity contribution in [2.75, 3.05) is 17.7 Å². The van der Waals surface area contributed by atoms with Crippen molar-refractivity contribution in [1.82, 2.24) is 4.98 Å². The first-order valence-corrected chi connectivity index (χ1v) is 6.55. The van der Waals surface area contributed by atoms with Crippen LogP contribution in [0.15, 0.2) is 36.5 Å². The van der Waals surface area contributed by atoms with Gasteiger partial charge in [-0.1, -0.05) is 11.6 Å². The highest BCUT2D eigenvalue weighted by atomic mass is 35.5. The molecule has 7 nitrogen and oxygen atoms in total. The number of hydrogen-bond acceptors (Lipinski definition) is 4. The number of primary amides is 1. The predicted octanol–water partition coefficient (Wildman–Crippen LogP) is 2.49. The molecule has 0 fully saturated rings. The van der Waals surface area contributed by atoms with Gasteiger partial charge in [0.25, 0.3) is 0 Å². The number of aromatic nitrogens is 1. The molecule has 2 rings (SSSR count). The zero-order valence-electron chi connectivity index (χ0n) is 11.6. The van der Waals surface area contributed by atoms with E-state index in [1.807, 2.05) is 0 Å². The molecule has 0 radical (unpaired) electrons. The zero-order valence-corrected chi connectivity index (χ0v) is 12.3. The number of nitrogens with zero attached hydrogens (tertiary/aromatic N) is 1. The van der Waals surface area contributed by atoms with Crippen LogP contribution in [0.25, 0.3) is 0 Å². The molecule has 0 aliphatic carbocycles. The van der Waals surface area contributed by atoms with E-state index >= 15 is 0 Å². The molecule has 0 saturated heterocycles. The van der Waals surface area contributed by atoms with Gasteiger partial charge in [-0.05, 0) is 30.3 Å². The number of benzene rings is 1. The van der Waals surface area contributed by atoms with Gasteiger partial charge >= 0.3 is 6.03 Å². The van der Waals surface area contributed by atoms with Gasteiger partial charge in [-0.25, -0.2) is 9.78 Å². The summed E-state index contributed by atoms with van der Waals surface area (Å²) in [5.74, 6) is 0.146. The standard InChI is InChI=1S/C14H13ClN4O3/c1-22-11-4-3-9(15)6-10(11)18-14(21)19-12-5-2-8(7-17-12)13(16)20/h2-7H,1H3,(H2,16,20)(H2,17,18,19,21). The topological polar surface area (TPSA) is 106 Å². The van der Waals surface area contributed by atoms with E-state index in [9.17, 15) is 9.59 Å². The van der Waals surface area contributed by atoms with E-state index in [4.69, 9.17) is 22.1 Å². The highest BCUT2D eigenvalue weighted by Crippen LogP contribution is 2.27. The van der Waals surface area contributed by atoms with Crippen molar-refractivity contribution in [1.29, 1.82) is 0 Å². The number of ether oxygens (including phenoxy) is 1. The molecule has 3 amide bonds. The Morgan fingerprint density at radius 3 is 2.59 bits per heavy atom. The number of nitrogens with one attached hydrogen (secondary N) is 2. The average molecular weight is 321 g/mol. The van der Waals surface area contributed by atoms with Gasteiger partial charge in [-0.3, -0.25) is 10.1 Å². The first kappa shape index (κ1) is 15.6. The maximum Gasteiger partial charge on any atom is 0.324 e. The third kappa shape index (κ3) is 3.86. The van der Waals surface area contributed by atoms with Crippen LogP contribution in [0.2, 0.25) is 5.02 Å². The van der Waals surface area contributed by atoms with E-state index in [2.05, 4.69) is 15.6 Å². The van der Waals surface area contributed by atoms with E-state index in [1.165, 1.54) is 25.4 Å². The fourth-order valence-electron chi connectivity index (χ4n) is 1.66. The molecule has 0 bridgehead atoms. The summed E-state index contributed by atoms with van der Waals surface area (Å²) in [6, 6.07) is 7.24. The smallest absolute Gasteiger partial charge is 0.324 e. The largest absolute Gasteiger partial charge is 0.495 e.